The number of aryl methyl sites for hydroxylation is 1. The summed E-state index contributed by atoms with van der Waals surface area (Å²) in [6.07, 6.45) is 3.30. The molecule has 0 radical (unpaired) electrons. The van der Waals surface area contributed by atoms with Crippen LogP contribution in [0.1, 0.15) is 56.2 Å². The minimum atomic E-state index is -4.01. The van der Waals surface area contributed by atoms with Crippen LogP contribution in [0.4, 0.5) is 0 Å². The molecule has 0 saturated carbocycles. The quantitative estimate of drug-likeness (QED) is 0.255. The number of H-pyrrole nitrogens is 1. The monoisotopic (exact) mass is 532 g/mol. The van der Waals surface area contributed by atoms with Crippen LogP contribution in [0.25, 0.3) is 5.76 Å². The number of phosphoric acid groups is 1. The Labute approximate surface area is 213 Å². The smallest absolute Gasteiger partial charge is 0.427 e. The van der Waals surface area contributed by atoms with Gasteiger partial charge in [-0.25, -0.2) is 9.36 Å². The Morgan fingerprint density at radius 1 is 1.27 bits per heavy atom. The summed E-state index contributed by atoms with van der Waals surface area (Å²) in [6, 6.07) is 3.48. The van der Waals surface area contributed by atoms with Gasteiger partial charge in [-0.1, -0.05) is 33.4 Å². The SMILES string of the molecule is C=C(OC(C)=O)c1cc2c(c(C(C)(C)C)c1)OP(=O)(OC[C@@H]1C=C[C@H](n3cc(C)c(=O)[nH]c3=O)O1)OC2. The van der Waals surface area contributed by atoms with Crippen LogP contribution < -0.4 is 15.8 Å². The van der Waals surface area contributed by atoms with Gasteiger partial charge >= 0.3 is 19.5 Å². The molecule has 0 saturated heterocycles. The lowest BCUT2D eigenvalue weighted by atomic mass is 9.84. The second-order valence-electron chi connectivity index (χ2n) is 9.82. The van der Waals surface area contributed by atoms with E-state index in [9.17, 15) is 18.9 Å². The van der Waals surface area contributed by atoms with Gasteiger partial charge in [-0.3, -0.25) is 28.2 Å². The molecule has 0 fully saturated rings. The Hall–Kier alpha value is -3.24. The summed E-state index contributed by atoms with van der Waals surface area (Å²) in [7, 11) is -4.01. The molecule has 2 aromatic rings. The van der Waals surface area contributed by atoms with Crippen LogP contribution in [0.3, 0.4) is 0 Å². The summed E-state index contributed by atoms with van der Waals surface area (Å²) in [4.78, 5) is 37.4. The molecule has 1 aromatic heterocycles. The van der Waals surface area contributed by atoms with E-state index in [-0.39, 0.29) is 19.0 Å². The molecule has 11 nitrogen and oxygen atoms in total. The average molecular weight is 532 g/mol. The van der Waals surface area contributed by atoms with Crippen molar-refractivity contribution in [3.05, 3.63) is 80.2 Å². The predicted octanol–water partition coefficient (Wildman–Crippen LogP) is 3.86. The molecular formula is C25H29N2O9P. The molecule has 1 aromatic carbocycles. The first-order chi connectivity index (χ1) is 17.3. The summed E-state index contributed by atoms with van der Waals surface area (Å²) in [5, 5.41) is 0. The van der Waals surface area contributed by atoms with Crippen molar-refractivity contribution in [3.8, 4) is 5.75 Å². The lowest BCUT2D eigenvalue weighted by Gasteiger charge is -2.31. The summed E-state index contributed by atoms with van der Waals surface area (Å²) in [5.74, 6) is 0.0659. The molecule has 37 heavy (non-hydrogen) atoms. The molecule has 1 N–H and O–H groups in total. The van der Waals surface area contributed by atoms with Crippen LogP contribution in [0.2, 0.25) is 0 Å². The molecule has 4 rings (SSSR count). The fourth-order valence-electron chi connectivity index (χ4n) is 3.89. The first kappa shape index (κ1) is 26.8. The lowest BCUT2D eigenvalue weighted by Crippen LogP contribution is -2.33. The minimum Gasteiger partial charge on any atom is -0.427 e. The van der Waals surface area contributed by atoms with Crippen LogP contribution in [0.15, 0.2) is 46.6 Å². The summed E-state index contributed by atoms with van der Waals surface area (Å²) >= 11 is 0. The minimum absolute atomic E-state index is 0.0626. The van der Waals surface area contributed by atoms with Crippen LogP contribution in [-0.4, -0.2) is 28.2 Å². The van der Waals surface area contributed by atoms with Gasteiger partial charge in [0, 0.05) is 35.4 Å². The molecule has 2 aliphatic rings. The van der Waals surface area contributed by atoms with E-state index >= 15 is 0 Å². The van der Waals surface area contributed by atoms with Crippen LogP contribution in [0, 0.1) is 6.92 Å². The van der Waals surface area contributed by atoms with Crippen molar-refractivity contribution in [2.45, 2.75) is 59.0 Å². The van der Waals surface area contributed by atoms with E-state index < -0.39 is 42.8 Å². The van der Waals surface area contributed by atoms with Crippen LogP contribution in [-0.2, 0) is 39.9 Å². The van der Waals surface area contributed by atoms with Gasteiger partial charge in [-0.2, -0.15) is 0 Å². The molecular weight excluding hydrogens is 503 g/mol. The van der Waals surface area contributed by atoms with Crippen molar-refractivity contribution >= 4 is 19.6 Å². The number of aromatic nitrogens is 2. The molecule has 0 aliphatic carbocycles. The van der Waals surface area contributed by atoms with E-state index in [4.69, 9.17) is 23.0 Å². The average Bonchev–Trinajstić information content (AvgIpc) is 3.27. The van der Waals surface area contributed by atoms with E-state index in [1.165, 1.54) is 17.7 Å². The number of nitrogens with zero attached hydrogens (tertiary/aromatic N) is 1. The zero-order chi connectivity index (χ0) is 27.1. The maximum atomic E-state index is 13.4. The van der Waals surface area contributed by atoms with Gasteiger partial charge in [-0.15, -0.1) is 0 Å². The van der Waals surface area contributed by atoms with Crippen molar-refractivity contribution in [1.29, 1.82) is 0 Å². The molecule has 0 bridgehead atoms. The number of phosphoric ester groups is 1. The molecule has 12 heteroatoms. The number of nitrogens with one attached hydrogen (secondary N) is 1. The highest BCUT2D eigenvalue weighted by molar-refractivity contribution is 7.49. The standard InChI is InChI=1S/C25H29N2O9P/c1-14-11-27(24(30)26-23(14)29)21-8-7-19(35-21)13-33-37(31)32-12-18-9-17(15(2)34-16(3)28)10-20(22(18)36-37)25(4,5)6/h7-11,19,21H,2,12-13H2,1,3-6H3,(H,26,29,30)/t19-,21+,37?/m0/s1. The Morgan fingerprint density at radius 2 is 2.00 bits per heavy atom. The van der Waals surface area contributed by atoms with Crippen molar-refractivity contribution < 1.29 is 32.4 Å². The van der Waals surface area contributed by atoms with E-state index in [2.05, 4.69) is 11.6 Å². The number of hydrogen-bond donors (Lipinski definition) is 1. The number of aromatic amines is 1. The first-order valence-electron chi connectivity index (χ1n) is 11.6. The second-order valence-corrected chi connectivity index (χ2v) is 11.4. The Balaban J connectivity index is 1.49. The molecule has 3 atom stereocenters. The van der Waals surface area contributed by atoms with Crippen molar-refractivity contribution in [3.63, 3.8) is 0 Å². The molecule has 2 aliphatic heterocycles. The molecule has 0 amide bonds. The summed E-state index contributed by atoms with van der Waals surface area (Å²) < 4.78 is 42.4. The van der Waals surface area contributed by atoms with E-state index in [1.54, 1.807) is 31.2 Å². The summed E-state index contributed by atoms with van der Waals surface area (Å²) in [6.45, 7) is 12.3. The third-order valence-electron chi connectivity index (χ3n) is 5.77. The Bertz CT molecular complexity index is 1450. The number of hydrogen-bond acceptors (Lipinski definition) is 9. The van der Waals surface area contributed by atoms with Gasteiger partial charge in [0.05, 0.1) is 13.2 Å². The van der Waals surface area contributed by atoms with E-state index in [0.717, 1.165) is 0 Å². The van der Waals surface area contributed by atoms with Crippen molar-refractivity contribution in [2.24, 2.45) is 0 Å². The highest BCUT2D eigenvalue weighted by Gasteiger charge is 2.39. The fourth-order valence-corrected chi connectivity index (χ4v) is 5.13. The summed E-state index contributed by atoms with van der Waals surface area (Å²) in [5.41, 5.74) is 0.752. The number of carbonyl (C=O) groups is 1. The molecule has 1 unspecified atom stereocenters. The lowest BCUT2D eigenvalue weighted by molar-refractivity contribution is -0.134. The number of ether oxygens (including phenoxy) is 2. The number of rotatable bonds is 6. The maximum absolute atomic E-state index is 13.4. The third kappa shape index (κ3) is 5.86. The van der Waals surface area contributed by atoms with Gasteiger partial charge < -0.3 is 14.0 Å². The zero-order valence-electron chi connectivity index (χ0n) is 21.2. The zero-order valence-corrected chi connectivity index (χ0v) is 22.1. The van der Waals surface area contributed by atoms with Crippen LogP contribution in [0.5, 0.6) is 5.75 Å². The number of esters is 1. The third-order valence-corrected chi connectivity index (χ3v) is 7.08. The maximum Gasteiger partial charge on any atom is 0.530 e. The van der Waals surface area contributed by atoms with Gasteiger partial charge in [0.2, 0.25) is 0 Å². The molecule has 3 heterocycles. The molecule has 198 valence electrons. The number of benzene rings is 1. The highest BCUT2D eigenvalue weighted by atomic mass is 31.2. The number of carbonyl (C=O) groups excluding carboxylic acids is 1. The topological polar surface area (TPSA) is 135 Å². The van der Waals surface area contributed by atoms with E-state index in [0.29, 0.717) is 28.0 Å². The van der Waals surface area contributed by atoms with Gasteiger partial charge in [0.1, 0.15) is 17.6 Å². The van der Waals surface area contributed by atoms with Gasteiger partial charge in [-0.05, 0) is 30.5 Å². The van der Waals surface area contributed by atoms with Gasteiger partial charge in [0.15, 0.2) is 6.23 Å². The molecule has 0 spiro atoms. The van der Waals surface area contributed by atoms with Crippen molar-refractivity contribution in [2.75, 3.05) is 6.61 Å². The number of fused-ring (bicyclic) bond motifs is 1. The second kappa shape index (κ2) is 9.90. The van der Waals surface area contributed by atoms with Crippen molar-refractivity contribution in [1.82, 2.24) is 9.55 Å². The fraction of sp³-hybridized carbons (Fsp3) is 0.400. The largest absolute Gasteiger partial charge is 0.530 e. The predicted molar refractivity (Wildman–Crippen MR) is 134 cm³/mol. The van der Waals surface area contributed by atoms with Gasteiger partial charge in [0.25, 0.3) is 5.56 Å². The van der Waals surface area contributed by atoms with E-state index in [1.807, 2.05) is 20.8 Å². The normalized spacial score (nSPS) is 22.8. The van der Waals surface area contributed by atoms with Crippen LogP contribution >= 0.6 is 7.82 Å². The highest BCUT2D eigenvalue weighted by Crippen LogP contribution is 2.57. The Kier molecular flexibility index (Phi) is 7.18. The Morgan fingerprint density at radius 3 is 2.68 bits per heavy atom. The first-order valence-corrected chi connectivity index (χ1v) is 13.0.